The zero-order valence-electron chi connectivity index (χ0n) is 15.5. The summed E-state index contributed by atoms with van der Waals surface area (Å²) in [5, 5.41) is 12.8. The molecule has 3 rings (SSSR count). The van der Waals surface area contributed by atoms with Gasteiger partial charge in [-0.3, -0.25) is 14.0 Å². The summed E-state index contributed by atoms with van der Waals surface area (Å²) < 4.78 is 39.8. The molecule has 29 heavy (non-hydrogen) atoms. The number of aromatic nitrogens is 3. The first-order chi connectivity index (χ1) is 13.8. The first kappa shape index (κ1) is 20.3. The number of carbonyl (C=O) groups excluding carboxylic acids is 2. The smallest absolute Gasteiger partial charge is 0.352 e. The van der Waals surface area contributed by atoms with Crippen molar-refractivity contribution in [1.82, 2.24) is 25.2 Å². The van der Waals surface area contributed by atoms with Crippen molar-refractivity contribution in [2.24, 2.45) is 0 Å². The molecule has 7 nitrogen and oxygen atoms in total. The van der Waals surface area contributed by atoms with Gasteiger partial charge in [-0.1, -0.05) is 18.2 Å². The normalized spacial score (nSPS) is 11.4. The molecule has 0 aliphatic heterocycles. The van der Waals surface area contributed by atoms with Gasteiger partial charge in [0, 0.05) is 24.7 Å². The first-order valence-electron chi connectivity index (χ1n) is 8.77. The molecule has 0 radical (unpaired) electrons. The van der Waals surface area contributed by atoms with Crippen LogP contribution in [-0.2, 0) is 17.5 Å². The van der Waals surface area contributed by atoms with Gasteiger partial charge in [0.15, 0.2) is 11.5 Å². The number of nitrogens with zero attached hydrogens (tertiary/aromatic N) is 3. The number of nitrogens with one attached hydrogen (secondary N) is 2. The molecule has 0 aliphatic carbocycles. The van der Waals surface area contributed by atoms with E-state index in [-0.39, 0.29) is 42.8 Å². The summed E-state index contributed by atoms with van der Waals surface area (Å²) in [6, 6.07) is 9.21. The Morgan fingerprint density at radius 3 is 2.55 bits per heavy atom. The van der Waals surface area contributed by atoms with Crippen LogP contribution in [0, 0.1) is 6.92 Å². The summed E-state index contributed by atoms with van der Waals surface area (Å²) in [7, 11) is 0. The topological polar surface area (TPSA) is 88.4 Å². The van der Waals surface area contributed by atoms with Crippen molar-refractivity contribution in [3.05, 3.63) is 65.1 Å². The fourth-order valence-corrected chi connectivity index (χ4v) is 2.70. The highest BCUT2D eigenvalue weighted by Crippen LogP contribution is 2.29. The number of fused-ring (bicyclic) bond motifs is 1. The second-order valence-electron chi connectivity index (χ2n) is 6.36. The van der Waals surface area contributed by atoms with Crippen molar-refractivity contribution in [1.29, 1.82) is 0 Å². The van der Waals surface area contributed by atoms with E-state index in [0.717, 1.165) is 17.8 Å². The van der Waals surface area contributed by atoms with Gasteiger partial charge in [-0.15, -0.1) is 10.2 Å². The van der Waals surface area contributed by atoms with Gasteiger partial charge in [0.2, 0.25) is 5.91 Å². The van der Waals surface area contributed by atoms with E-state index in [1.54, 1.807) is 12.1 Å². The van der Waals surface area contributed by atoms with Gasteiger partial charge in [-0.05, 0) is 30.7 Å². The number of hydrogen-bond donors (Lipinski definition) is 2. The fraction of sp³-hybridized carbons (Fsp3) is 0.263. The third-order valence-corrected chi connectivity index (χ3v) is 4.27. The van der Waals surface area contributed by atoms with E-state index in [2.05, 4.69) is 20.8 Å². The number of rotatable bonds is 6. The van der Waals surface area contributed by atoms with E-state index in [0.29, 0.717) is 5.56 Å². The van der Waals surface area contributed by atoms with Crippen molar-refractivity contribution >= 4 is 17.5 Å². The molecule has 2 aromatic heterocycles. The van der Waals surface area contributed by atoms with E-state index < -0.39 is 11.7 Å². The van der Waals surface area contributed by atoms with Gasteiger partial charge in [0.05, 0.1) is 12.1 Å². The number of amides is 2. The lowest BCUT2D eigenvalue weighted by Gasteiger charge is -2.09. The van der Waals surface area contributed by atoms with Crippen LogP contribution >= 0.6 is 0 Å². The average Bonchev–Trinajstić information content (AvgIpc) is 3.08. The lowest BCUT2D eigenvalue weighted by Crippen LogP contribution is -2.31. The highest BCUT2D eigenvalue weighted by atomic mass is 19.4. The predicted molar refractivity (Wildman–Crippen MR) is 98.0 cm³/mol. The summed E-state index contributed by atoms with van der Waals surface area (Å²) in [6.45, 7) is 1.85. The van der Waals surface area contributed by atoms with Crippen LogP contribution in [0.5, 0.6) is 0 Å². The van der Waals surface area contributed by atoms with Gasteiger partial charge in [-0.2, -0.15) is 13.2 Å². The molecule has 0 fully saturated rings. The lowest BCUT2D eigenvalue weighted by atomic mass is 10.1. The van der Waals surface area contributed by atoms with Crippen molar-refractivity contribution in [3.63, 3.8) is 0 Å². The number of alkyl halides is 3. The van der Waals surface area contributed by atoms with Crippen molar-refractivity contribution < 1.29 is 22.8 Å². The summed E-state index contributed by atoms with van der Waals surface area (Å²) in [5.74, 6) is -0.485. The average molecular weight is 405 g/mol. The van der Waals surface area contributed by atoms with Gasteiger partial charge in [0.1, 0.15) is 0 Å². The second-order valence-corrected chi connectivity index (χ2v) is 6.36. The molecule has 3 aromatic rings. The zero-order valence-corrected chi connectivity index (χ0v) is 15.5. The van der Waals surface area contributed by atoms with Crippen LogP contribution in [0.15, 0.2) is 42.6 Å². The van der Waals surface area contributed by atoms with E-state index >= 15 is 0 Å². The Balaban J connectivity index is 1.53. The minimum atomic E-state index is -4.49. The maximum atomic E-state index is 12.9. The van der Waals surface area contributed by atoms with Gasteiger partial charge in [-0.25, -0.2) is 0 Å². The minimum Gasteiger partial charge on any atom is -0.352 e. The van der Waals surface area contributed by atoms with Crippen molar-refractivity contribution in [3.8, 4) is 0 Å². The Kier molecular flexibility index (Phi) is 5.81. The molecule has 0 atom stereocenters. The zero-order chi connectivity index (χ0) is 21.0. The fourth-order valence-electron chi connectivity index (χ4n) is 2.70. The van der Waals surface area contributed by atoms with Crippen molar-refractivity contribution in [2.75, 3.05) is 6.54 Å². The van der Waals surface area contributed by atoms with Gasteiger partial charge >= 0.3 is 6.18 Å². The molecular weight excluding hydrogens is 387 g/mol. The number of aryl methyl sites for hydroxylation is 1. The molecule has 0 saturated heterocycles. The summed E-state index contributed by atoms with van der Waals surface area (Å²) in [4.78, 5) is 24.1. The van der Waals surface area contributed by atoms with E-state index in [4.69, 9.17) is 0 Å². The number of halogens is 3. The van der Waals surface area contributed by atoms with Crippen LogP contribution in [0.3, 0.4) is 0 Å². The SMILES string of the molecule is Cc1ccccc1C(=O)NCCC(=O)NCc1nnc2ccc(C(F)(F)F)cn12. The van der Waals surface area contributed by atoms with Gasteiger partial charge < -0.3 is 10.6 Å². The largest absolute Gasteiger partial charge is 0.417 e. The molecule has 152 valence electrons. The van der Waals surface area contributed by atoms with Crippen LogP contribution < -0.4 is 10.6 Å². The Labute approximate surface area is 163 Å². The lowest BCUT2D eigenvalue weighted by molar-refractivity contribution is -0.137. The Morgan fingerprint density at radius 2 is 1.83 bits per heavy atom. The molecule has 0 aliphatic rings. The summed E-state index contributed by atoms with van der Waals surface area (Å²) >= 11 is 0. The van der Waals surface area contributed by atoms with E-state index in [1.165, 1.54) is 10.5 Å². The number of carbonyl (C=O) groups is 2. The molecule has 2 heterocycles. The molecule has 0 unspecified atom stereocenters. The van der Waals surface area contributed by atoms with E-state index in [1.807, 2.05) is 19.1 Å². The third-order valence-electron chi connectivity index (χ3n) is 4.27. The van der Waals surface area contributed by atoms with Crippen LogP contribution in [0.1, 0.15) is 33.7 Å². The number of hydrogen-bond acceptors (Lipinski definition) is 4. The van der Waals surface area contributed by atoms with Crippen LogP contribution in [-0.4, -0.2) is 33.0 Å². The maximum absolute atomic E-state index is 12.9. The maximum Gasteiger partial charge on any atom is 0.417 e. The first-order valence-corrected chi connectivity index (χ1v) is 8.77. The molecule has 0 bridgehead atoms. The molecule has 0 spiro atoms. The monoisotopic (exact) mass is 405 g/mol. The molecule has 2 amide bonds. The quantitative estimate of drug-likeness (QED) is 0.660. The summed E-state index contributed by atoms with van der Waals surface area (Å²) in [5.41, 5.74) is 0.763. The van der Waals surface area contributed by atoms with Crippen LogP contribution in [0.25, 0.3) is 5.65 Å². The van der Waals surface area contributed by atoms with Crippen LogP contribution in [0.2, 0.25) is 0 Å². The minimum absolute atomic E-state index is 0.0160. The highest BCUT2D eigenvalue weighted by Gasteiger charge is 2.31. The Morgan fingerprint density at radius 1 is 1.07 bits per heavy atom. The second kappa shape index (κ2) is 8.29. The number of pyridine rings is 1. The molecule has 10 heteroatoms. The Bertz CT molecular complexity index is 1050. The third kappa shape index (κ3) is 4.89. The summed E-state index contributed by atoms with van der Waals surface area (Å²) in [6.07, 6.45) is -3.59. The molecule has 2 N–H and O–H groups in total. The molecular formula is C19H18F3N5O2. The molecule has 1 aromatic carbocycles. The van der Waals surface area contributed by atoms with Gasteiger partial charge in [0.25, 0.3) is 5.91 Å². The Hall–Kier alpha value is -3.43. The number of benzene rings is 1. The van der Waals surface area contributed by atoms with Crippen LogP contribution in [0.4, 0.5) is 13.2 Å². The van der Waals surface area contributed by atoms with Crippen molar-refractivity contribution in [2.45, 2.75) is 26.1 Å². The van der Waals surface area contributed by atoms with E-state index in [9.17, 15) is 22.8 Å². The highest BCUT2D eigenvalue weighted by molar-refractivity contribution is 5.95. The molecule has 0 saturated carbocycles. The predicted octanol–water partition coefficient (Wildman–Crippen LogP) is 2.49. The standard InChI is InChI=1S/C19H18F3N5O2/c1-12-4-2-3-5-14(12)18(29)23-9-8-17(28)24-10-16-26-25-15-7-6-13(11-27(15)16)19(20,21)22/h2-7,11H,8-10H2,1H3,(H,23,29)(H,24,28).